The van der Waals surface area contributed by atoms with Crippen LogP contribution in [0, 0.1) is 5.92 Å². The van der Waals surface area contributed by atoms with Gasteiger partial charge in [0.25, 0.3) is 0 Å². The number of rotatable bonds is 12. The number of carboxylic acids is 1. The number of aliphatic carboxylic acids is 1. The second-order valence-electron chi connectivity index (χ2n) is 10.8. The van der Waals surface area contributed by atoms with Gasteiger partial charge in [0.15, 0.2) is 0 Å². The highest BCUT2D eigenvalue weighted by Crippen LogP contribution is 2.26. The quantitative estimate of drug-likeness (QED) is 0.137. The number of benzene rings is 2. The van der Waals surface area contributed by atoms with E-state index in [1.165, 1.54) is 11.3 Å². The van der Waals surface area contributed by atoms with Gasteiger partial charge < -0.3 is 24.8 Å². The van der Waals surface area contributed by atoms with E-state index in [0.29, 0.717) is 51.1 Å². The van der Waals surface area contributed by atoms with Gasteiger partial charge in [0.1, 0.15) is 17.4 Å². The molecular formula is C34H39N3O6S. The molecule has 232 valence electrons. The van der Waals surface area contributed by atoms with Crippen LogP contribution >= 0.6 is 11.3 Å². The molecule has 1 atom stereocenters. The zero-order chi connectivity index (χ0) is 31.5. The lowest BCUT2D eigenvalue weighted by Crippen LogP contribution is -2.46. The Morgan fingerprint density at radius 1 is 1.07 bits per heavy atom. The number of nitrogens with one attached hydrogen (secondary N) is 1. The van der Waals surface area contributed by atoms with Crippen molar-refractivity contribution in [2.75, 3.05) is 19.7 Å². The van der Waals surface area contributed by atoms with E-state index in [1.54, 1.807) is 24.8 Å². The van der Waals surface area contributed by atoms with Crippen molar-refractivity contribution in [3.05, 3.63) is 99.0 Å². The fourth-order valence-electron chi connectivity index (χ4n) is 4.92. The summed E-state index contributed by atoms with van der Waals surface area (Å²) in [6.07, 6.45) is 5.02. The average Bonchev–Trinajstić information content (AvgIpc) is 3.49. The number of nitrogens with zero attached hydrogens (tertiary/aromatic N) is 2. The first-order valence-corrected chi connectivity index (χ1v) is 15.6. The highest BCUT2D eigenvalue weighted by molar-refractivity contribution is 7.09. The Labute approximate surface area is 262 Å². The molecule has 3 aromatic rings. The Morgan fingerprint density at radius 2 is 1.77 bits per heavy atom. The number of carboxylic acid groups (broad SMARTS) is 1. The van der Waals surface area contributed by atoms with Crippen molar-refractivity contribution in [1.29, 1.82) is 0 Å². The smallest absolute Gasteiger partial charge is 0.333 e. The van der Waals surface area contributed by atoms with E-state index in [4.69, 9.17) is 14.5 Å². The van der Waals surface area contributed by atoms with Crippen molar-refractivity contribution in [3.63, 3.8) is 0 Å². The number of thiazole rings is 1. The summed E-state index contributed by atoms with van der Waals surface area (Å²) in [5.41, 5.74) is 4.16. The van der Waals surface area contributed by atoms with E-state index >= 15 is 0 Å². The molecule has 0 unspecified atom stereocenters. The van der Waals surface area contributed by atoms with Crippen LogP contribution in [0.2, 0.25) is 0 Å². The summed E-state index contributed by atoms with van der Waals surface area (Å²) in [5.74, 6) is -0.839. The molecule has 1 fully saturated rings. The zero-order valence-corrected chi connectivity index (χ0v) is 26.1. The van der Waals surface area contributed by atoms with E-state index in [1.807, 2.05) is 73.0 Å². The lowest BCUT2D eigenvalue weighted by molar-refractivity contribution is -0.143. The number of ether oxygens (including phenoxy) is 2. The molecular weight excluding hydrogens is 578 g/mol. The van der Waals surface area contributed by atoms with Crippen LogP contribution < -0.4 is 10.1 Å². The second-order valence-corrected chi connectivity index (χ2v) is 11.7. The molecule has 2 heterocycles. The number of hydrogen-bond acceptors (Lipinski definition) is 7. The van der Waals surface area contributed by atoms with Crippen LogP contribution in [-0.2, 0) is 27.4 Å². The molecule has 9 nitrogen and oxygen atoms in total. The van der Waals surface area contributed by atoms with Crippen LogP contribution in [0.15, 0.2) is 77.2 Å². The highest BCUT2D eigenvalue weighted by Gasteiger charge is 2.29. The van der Waals surface area contributed by atoms with E-state index < -0.39 is 17.9 Å². The number of piperidine rings is 1. The van der Waals surface area contributed by atoms with Crippen molar-refractivity contribution < 1.29 is 29.0 Å². The van der Waals surface area contributed by atoms with Crippen LogP contribution in [0.5, 0.6) is 5.75 Å². The van der Waals surface area contributed by atoms with Crippen LogP contribution in [0.4, 0.5) is 4.79 Å². The maximum atomic E-state index is 13.3. The number of aromatic nitrogens is 1. The minimum absolute atomic E-state index is 0.238. The molecule has 1 aliphatic heterocycles. The highest BCUT2D eigenvalue weighted by atomic mass is 32.1. The first kappa shape index (κ1) is 32.5. The van der Waals surface area contributed by atoms with Gasteiger partial charge in [0.05, 0.1) is 24.3 Å². The van der Waals surface area contributed by atoms with Crippen LogP contribution in [0.3, 0.4) is 0 Å². The first-order chi connectivity index (χ1) is 21.2. The molecule has 2 aromatic carbocycles. The standard InChI is InChI=1S/C34H39N3O6S/c1-4-42-33(40)24(3)18-23(2)19-28-22-44-31(35-28)30(36-34(41)37-16-14-27(15-17-37)32(38)39)20-25-10-12-29(13-11-25)43-21-26-8-6-5-7-9-26/h5-13,18-19,22,27,30H,4,14-17,20-21H2,1-3H3,(H,36,41)(H,38,39)/b23-19+,24-18-/t30-/m0/s1. The molecule has 1 saturated heterocycles. The van der Waals surface area contributed by atoms with Gasteiger partial charge in [-0.05, 0) is 81.0 Å². The number of amides is 2. The fraction of sp³-hybridized carbons (Fsp3) is 0.353. The molecule has 2 N–H and O–H groups in total. The third kappa shape index (κ3) is 9.54. The van der Waals surface area contributed by atoms with Gasteiger partial charge >= 0.3 is 18.0 Å². The van der Waals surface area contributed by atoms with E-state index in [-0.39, 0.29) is 12.0 Å². The Hall–Kier alpha value is -4.44. The van der Waals surface area contributed by atoms with Gasteiger partial charge in [-0.1, -0.05) is 42.5 Å². The monoisotopic (exact) mass is 617 g/mol. The van der Waals surface area contributed by atoms with Crippen LogP contribution in [0.1, 0.15) is 61.5 Å². The molecule has 0 saturated carbocycles. The van der Waals surface area contributed by atoms with Gasteiger partial charge in [0.2, 0.25) is 0 Å². The summed E-state index contributed by atoms with van der Waals surface area (Å²) in [7, 11) is 0. The number of urea groups is 1. The number of hydrogen-bond donors (Lipinski definition) is 2. The Balaban J connectivity index is 1.48. The summed E-state index contributed by atoms with van der Waals surface area (Å²) in [6, 6.07) is 17.1. The average molecular weight is 618 g/mol. The molecule has 1 aromatic heterocycles. The Bertz CT molecular complexity index is 1470. The molecule has 10 heteroatoms. The van der Waals surface area contributed by atoms with Crippen molar-refractivity contribution in [3.8, 4) is 5.75 Å². The Kier molecular flexibility index (Phi) is 11.7. The van der Waals surface area contributed by atoms with E-state index in [2.05, 4.69) is 5.32 Å². The van der Waals surface area contributed by atoms with Crippen LogP contribution in [-0.4, -0.2) is 52.7 Å². The fourth-order valence-corrected chi connectivity index (χ4v) is 5.74. The summed E-state index contributed by atoms with van der Waals surface area (Å²) in [5, 5.41) is 15.1. The second kappa shape index (κ2) is 15.9. The predicted molar refractivity (Wildman–Crippen MR) is 170 cm³/mol. The van der Waals surface area contributed by atoms with E-state index in [9.17, 15) is 19.5 Å². The lowest BCUT2D eigenvalue weighted by atomic mass is 9.97. The van der Waals surface area contributed by atoms with E-state index in [0.717, 1.165) is 33.2 Å². The number of carbonyl (C=O) groups excluding carboxylic acids is 2. The van der Waals surface area contributed by atoms with Gasteiger partial charge in [-0.25, -0.2) is 14.6 Å². The summed E-state index contributed by atoms with van der Waals surface area (Å²) >= 11 is 1.45. The molecule has 2 amide bonds. The molecule has 0 aliphatic carbocycles. The van der Waals surface area contributed by atoms with Crippen molar-refractivity contribution >= 4 is 35.4 Å². The molecule has 1 aliphatic rings. The largest absolute Gasteiger partial charge is 0.489 e. The van der Waals surface area contributed by atoms with Gasteiger partial charge in [-0.2, -0.15) is 0 Å². The maximum absolute atomic E-state index is 13.3. The topological polar surface area (TPSA) is 118 Å². The minimum atomic E-state index is -0.815. The summed E-state index contributed by atoms with van der Waals surface area (Å²) < 4.78 is 11.0. The molecule has 44 heavy (non-hydrogen) atoms. The summed E-state index contributed by atoms with van der Waals surface area (Å²) in [6.45, 7) is 6.94. The molecule has 0 radical (unpaired) electrons. The molecule has 0 bridgehead atoms. The van der Waals surface area contributed by atoms with Gasteiger partial charge in [0, 0.05) is 24.0 Å². The van der Waals surface area contributed by atoms with Gasteiger partial charge in [-0.3, -0.25) is 4.79 Å². The third-order valence-electron chi connectivity index (χ3n) is 7.30. The first-order valence-electron chi connectivity index (χ1n) is 14.7. The van der Waals surface area contributed by atoms with Crippen molar-refractivity contribution in [1.82, 2.24) is 15.2 Å². The van der Waals surface area contributed by atoms with Crippen molar-refractivity contribution in [2.45, 2.75) is 52.7 Å². The Morgan fingerprint density at radius 3 is 2.43 bits per heavy atom. The normalized spacial score (nSPS) is 15.0. The summed E-state index contributed by atoms with van der Waals surface area (Å²) in [4.78, 5) is 43.2. The number of likely N-dealkylation sites (tertiary alicyclic amines) is 1. The maximum Gasteiger partial charge on any atom is 0.333 e. The number of esters is 1. The predicted octanol–water partition coefficient (Wildman–Crippen LogP) is 6.42. The number of carbonyl (C=O) groups is 3. The number of allylic oxidation sites excluding steroid dienone is 2. The zero-order valence-electron chi connectivity index (χ0n) is 25.3. The molecule has 0 spiro atoms. The lowest BCUT2D eigenvalue weighted by Gasteiger charge is -2.31. The SMILES string of the molecule is CCOC(=O)/C(C)=C\C(C)=C\c1csc([C@H](Cc2ccc(OCc3ccccc3)cc2)NC(=O)N2CCC(C(=O)O)CC2)n1. The van der Waals surface area contributed by atoms with Gasteiger partial charge in [-0.15, -0.1) is 11.3 Å². The molecule has 4 rings (SSSR count). The van der Waals surface area contributed by atoms with Crippen LogP contribution in [0.25, 0.3) is 6.08 Å². The minimum Gasteiger partial charge on any atom is -0.489 e. The van der Waals surface area contributed by atoms with Crippen molar-refractivity contribution in [2.24, 2.45) is 5.92 Å². The third-order valence-corrected chi connectivity index (χ3v) is 8.27.